The van der Waals surface area contributed by atoms with Crippen molar-refractivity contribution in [3.8, 4) is 5.75 Å². The topological polar surface area (TPSA) is 69.6 Å². The van der Waals surface area contributed by atoms with Gasteiger partial charge in [-0.1, -0.05) is 25.1 Å². The van der Waals surface area contributed by atoms with Crippen LogP contribution >= 0.6 is 0 Å². The molecule has 0 saturated heterocycles. The number of carbonyl (C=O) groups is 1. The average molecular weight is 299 g/mol. The number of aromatic hydroxyl groups is 1. The number of rotatable bonds is 5. The Morgan fingerprint density at radius 1 is 1.43 bits per heavy atom. The van der Waals surface area contributed by atoms with E-state index in [1.165, 1.54) is 6.07 Å². The highest BCUT2D eigenvalue weighted by atomic mass is 19.3. The Morgan fingerprint density at radius 2 is 2.05 bits per heavy atom. The Bertz CT molecular complexity index is 529. The summed E-state index contributed by atoms with van der Waals surface area (Å²) in [5.41, 5.74) is -1.86. The van der Waals surface area contributed by atoms with Crippen LogP contribution in [0, 0.1) is 0 Å². The van der Waals surface area contributed by atoms with E-state index in [2.05, 4.69) is 5.32 Å². The highest BCUT2D eigenvalue weighted by Gasteiger charge is 2.61. The molecule has 1 aliphatic rings. The first-order chi connectivity index (χ1) is 9.82. The third-order valence-corrected chi connectivity index (χ3v) is 4.08. The van der Waals surface area contributed by atoms with Crippen molar-refractivity contribution in [2.24, 2.45) is 0 Å². The van der Waals surface area contributed by atoms with E-state index < -0.39 is 23.5 Å². The second-order valence-electron chi connectivity index (χ2n) is 5.45. The molecule has 21 heavy (non-hydrogen) atoms. The Morgan fingerprint density at radius 3 is 2.52 bits per heavy atom. The average Bonchev–Trinajstić information content (AvgIpc) is 2.42. The standard InChI is InChI=1S/C15H19F2NO3/c1-2-11(10-6-3-4-7-12(10)19)18-13(20)15(16,17)14(21)8-5-9-14/h3-4,6-7,11,19,21H,2,5,8-9H2,1H3,(H,18,20). The van der Waals surface area contributed by atoms with Gasteiger partial charge in [-0.05, 0) is 31.7 Å². The van der Waals surface area contributed by atoms with Gasteiger partial charge in [0.1, 0.15) is 11.4 Å². The number of phenolic OH excluding ortho intramolecular Hbond substituents is 1. The number of hydrogen-bond acceptors (Lipinski definition) is 3. The normalized spacial score (nSPS) is 18.7. The van der Waals surface area contributed by atoms with Crippen LogP contribution < -0.4 is 5.32 Å². The summed E-state index contributed by atoms with van der Waals surface area (Å²) in [6, 6.07) is 5.54. The number of aliphatic hydroxyl groups is 1. The quantitative estimate of drug-likeness (QED) is 0.782. The van der Waals surface area contributed by atoms with Gasteiger partial charge in [0, 0.05) is 5.56 Å². The van der Waals surface area contributed by atoms with Crippen molar-refractivity contribution in [3.05, 3.63) is 29.8 Å². The van der Waals surface area contributed by atoms with Gasteiger partial charge < -0.3 is 15.5 Å². The maximum atomic E-state index is 14.0. The van der Waals surface area contributed by atoms with Crippen molar-refractivity contribution >= 4 is 5.91 Å². The molecule has 0 heterocycles. The molecule has 3 N–H and O–H groups in total. The number of nitrogens with one attached hydrogen (secondary N) is 1. The van der Waals surface area contributed by atoms with Crippen molar-refractivity contribution in [2.45, 2.75) is 50.2 Å². The first-order valence-corrected chi connectivity index (χ1v) is 7.01. The van der Waals surface area contributed by atoms with Gasteiger partial charge in [0.25, 0.3) is 5.91 Å². The summed E-state index contributed by atoms with van der Waals surface area (Å²) < 4.78 is 28.1. The number of amides is 1. The summed E-state index contributed by atoms with van der Waals surface area (Å²) in [7, 11) is 0. The molecule has 4 nitrogen and oxygen atoms in total. The lowest BCUT2D eigenvalue weighted by atomic mass is 9.75. The van der Waals surface area contributed by atoms with Crippen molar-refractivity contribution in [2.75, 3.05) is 0 Å². The Labute approximate surface area is 121 Å². The van der Waals surface area contributed by atoms with Gasteiger partial charge in [-0.15, -0.1) is 0 Å². The van der Waals surface area contributed by atoms with Crippen LogP contribution in [0.2, 0.25) is 0 Å². The Kier molecular flexibility index (Phi) is 4.18. The fraction of sp³-hybridized carbons (Fsp3) is 0.533. The lowest BCUT2D eigenvalue weighted by Crippen LogP contribution is -2.60. The minimum Gasteiger partial charge on any atom is -0.508 e. The van der Waals surface area contributed by atoms with E-state index in [1.807, 2.05) is 0 Å². The molecule has 0 spiro atoms. The van der Waals surface area contributed by atoms with Crippen LogP contribution in [0.15, 0.2) is 24.3 Å². The minimum atomic E-state index is -3.83. The van der Waals surface area contributed by atoms with Gasteiger partial charge >= 0.3 is 5.92 Å². The Balaban J connectivity index is 2.15. The predicted octanol–water partition coefficient (Wildman–Crippen LogP) is 2.51. The maximum Gasteiger partial charge on any atom is 0.352 e. The monoisotopic (exact) mass is 299 g/mol. The largest absolute Gasteiger partial charge is 0.508 e. The van der Waals surface area contributed by atoms with Gasteiger partial charge in [-0.3, -0.25) is 4.79 Å². The Hall–Kier alpha value is -1.69. The summed E-state index contributed by atoms with van der Waals surface area (Å²) in [5, 5.41) is 21.7. The number of phenols is 1. The molecule has 0 aromatic heterocycles. The molecule has 0 radical (unpaired) electrons. The van der Waals surface area contributed by atoms with Crippen LogP contribution in [-0.2, 0) is 4.79 Å². The molecule has 1 unspecified atom stereocenters. The first-order valence-electron chi connectivity index (χ1n) is 7.01. The van der Waals surface area contributed by atoms with Crippen molar-refractivity contribution < 1.29 is 23.8 Å². The number of benzene rings is 1. The number of para-hydroxylation sites is 1. The van der Waals surface area contributed by atoms with E-state index in [0.29, 0.717) is 18.4 Å². The van der Waals surface area contributed by atoms with Gasteiger partial charge in [0.2, 0.25) is 0 Å². The third-order valence-electron chi connectivity index (χ3n) is 4.08. The van der Waals surface area contributed by atoms with Gasteiger partial charge in [0.15, 0.2) is 0 Å². The molecule has 1 amide bonds. The number of halogens is 2. The summed E-state index contributed by atoms with van der Waals surface area (Å²) >= 11 is 0. The number of hydrogen-bond donors (Lipinski definition) is 3. The van der Waals surface area contributed by atoms with E-state index >= 15 is 0 Å². The third kappa shape index (κ3) is 2.72. The molecule has 6 heteroatoms. The van der Waals surface area contributed by atoms with E-state index in [4.69, 9.17) is 0 Å². The molecule has 1 aliphatic carbocycles. The molecule has 0 aliphatic heterocycles. The van der Waals surface area contributed by atoms with E-state index in [1.54, 1.807) is 25.1 Å². The summed E-state index contributed by atoms with van der Waals surface area (Å²) in [6.45, 7) is 1.72. The molecule has 1 fully saturated rings. The summed E-state index contributed by atoms with van der Waals surface area (Å²) in [4.78, 5) is 11.9. The van der Waals surface area contributed by atoms with E-state index in [-0.39, 0.29) is 18.6 Å². The minimum absolute atomic E-state index is 0.0599. The lowest BCUT2D eigenvalue weighted by Gasteiger charge is -2.41. The molecular formula is C15H19F2NO3. The smallest absolute Gasteiger partial charge is 0.352 e. The van der Waals surface area contributed by atoms with Crippen molar-refractivity contribution in [1.29, 1.82) is 0 Å². The van der Waals surface area contributed by atoms with Crippen molar-refractivity contribution in [3.63, 3.8) is 0 Å². The highest BCUT2D eigenvalue weighted by molar-refractivity contribution is 5.85. The number of carbonyl (C=O) groups excluding carboxylic acids is 1. The lowest BCUT2D eigenvalue weighted by molar-refractivity contribution is -0.216. The van der Waals surface area contributed by atoms with Gasteiger partial charge in [-0.2, -0.15) is 8.78 Å². The fourth-order valence-electron chi connectivity index (χ4n) is 2.47. The van der Waals surface area contributed by atoms with Crippen LogP contribution in [0.25, 0.3) is 0 Å². The van der Waals surface area contributed by atoms with Gasteiger partial charge in [0.05, 0.1) is 6.04 Å². The van der Waals surface area contributed by atoms with Crippen LogP contribution in [-0.4, -0.2) is 27.6 Å². The number of alkyl halides is 2. The SMILES string of the molecule is CCC(NC(=O)C(F)(F)C1(O)CCC1)c1ccccc1O. The molecule has 0 bridgehead atoms. The van der Waals surface area contributed by atoms with Gasteiger partial charge in [-0.25, -0.2) is 0 Å². The van der Waals surface area contributed by atoms with Crippen LogP contribution in [0.3, 0.4) is 0 Å². The summed E-state index contributed by atoms with van der Waals surface area (Å²) in [6.07, 6.45) is 0.662. The molecule has 1 saturated carbocycles. The van der Waals surface area contributed by atoms with Crippen LogP contribution in [0.4, 0.5) is 8.78 Å². The zero-order valence-corrected chi connectivity index (χ0v) is 11.8. The molecular weight excluding hydrogens is 280 g/mol. The maximum absolute atomic E-state index is 14.0. The van der Waals surface area contributed by atoms with E-state index in [0.717, 1.165) is 0 Å². The zero-order valence-electron chi connectivity index (χ0n) is 11.8. The second-order valence-corrected chi connectivity index (χ2v) is 5.45. The van der Waals surface area contributed by atoms with Crippen molar-refractivity contribution in [1.82, 2.24) is 5.32 Å². The second kappa shape index (κ2) is 5.60. The highest BCUT2D eigenvalue weighted by Crippen LogP contribution is 2.44. The molecule has 116 valence electrons. The fourth-order valence-corrected chi connectivity index (χ4v) is 2.47. The predicted molar refractivity (Wildman–Crippen MR) is 73.0 cm³/mol. The molecule has 1 aromatic rings. The molecule has 2 rings (SSSR count). The van der Waals surface area contributed by atoms with E-state index in [9.17, 15) is 23.8 Å². The first kappa shape index (κ1) is 15.7. The summed E-state index contributed by atoms with van der Waals surface area (Å²) in [5.74, 6) is -5.39. The molecule has 1 atom stereocenters. The zero-order chi connectivity index (χ0) is 15.7. The molecule has 1 aromatic carbocycles. The van der Waals surface area contributed by atoms with Crippen LogP contribution in [0.5, 0.6) is 5.75 Å². The van der Waals surface area contributed by atoms with Crippen LogP contribution in [0.1, 0.15) is 44.2 Å².